The van der Waals surface area contributed by atoms with Crippen molar-refractivity contribution in [3.05, 3.63) is 65.7 Å². The lowest BCUT2D eigenvalue weighted by atomic mass is 10.2. The summed E-state index contributed by atoms with van der Waals surface area (Å²) in [5.41, 5.74) is 2.15. The number of methoxy groups -OCH3 is 1. The molecular formula is C18H20N2O3. The van der Waals surface area contributed by atoms with E-state index in [0.29, 0.717) is 24.3 Å². The highest BCUT2D eigenvalue weighted by molar-refractivity contribution is 5.92. The van der Waals surface area contributed by atoms with Crippen molar-refractivity contribution in [2.45, 2.75) is 13.5 Å². The Balaban J connectivity index is 2.00. The SMILES string of the molecule is CCN(Cc1ccccc1)C(=O)Nc1ccc(C(=O)OC)cc1. The van der Waals surface area contributed by atoms with Gasteiger partial charge in [0.05, 0.1) is 12.7 Å². The Kier molecular flexibility index (Phi) is 5.74. The largest absolute Gasteiger partial charge is 0.465 e. The van der Waals surface area contributed by atoms with Crippen molar-refractivity contribution in [3.8, 4) is 0 Å². The van der Waals surface area contributed by atoms with Crippen molar-refractivity contribution in [2.24, 2.45) is 0 Å². The van der Waals surface area contributed by atoms with Gasteiger partial charge in [0.15, 0.2) is 0 Å². The van der Waals surface area contributed by atoms with Crippen LogP contribution in [0.25, 0.3) is 0 Å². The second-order valence-electron chi connectivity index (χ2n) is 5.00. The summed E-state index contributed by atoms with van der Waals surface area (Å²) in [6.07, 6.45) is 0. The molecule has 0 aliphatic rings. The highest BCUT2D eigenvalue weighted by Crippen LogP contribution is 2.12. The molecule has 2 amide bonds. The smallest absolute Gasteiger partial charge is 0.337 e. The number of ether oxygens (including phenoxy) is 1. The minimum Gasteiger partial charge on any atom is -0.465 e. The number of benzene rings is 2. The van der Waals surface area contributed by atoms with Crippen LogP contribution in [0, 0.1) is 0 Å². The van der Waals surface area contributed by atoms with Gasteiger partial charge in [-0.05, 0) is 36.8 Å². The van der Waals surface area contributed by atoms with Gasteiger partial charge in [-0.2, -0.15) is 0 Å². The van der Waals surface area contributed by atoms with E-state index in [1.807, 2.05) is 37.3 Å². The van der Waals surface area contributed by atoms with Crippen molar-refractivity contribution in [1.29, 1.82) is 0 Å². The van der Waals surface area contributed by atoms with Crippen molar-refractivity contribution in [3.63, 3.8) is 0 Å². The summed E-state index contributed by atoms with van der Waals surface area (Å²) in [5, 5.41) is 2.83. The molecule has 120 valence electrons. The zero-order chi connectivity index (χ0) is 16.7. The first-order chi connectivity index (χ1) is 11.1. The van der Waals surface area contributed by atoms with Crippen molar-refractivity contribution >= 4 is 17.7 Å². The first kappa shape index (κ1) is 16.5. The number of amides is 2. The van der Waals surface area contributed by atoms with E-state index in [-0.39, 0.29) is 6.03 Å². The van der Waals surface area contributed by atoms with Gasteiger partial charge >= 0.3 is 12.0 Å². The van der Waals surface area contributed by atoms with Crippen LogP contribution in [0.1, 0.15) is 22.8 Å². The quantitative estimate of drug-likeness (QED) is 0.859. The molecule has 0 atom stereocenters. The Morgan fingerprint density at radius 1 is 1.04 bits per heavy atom. The molecule has 2 rings (SSSR count). The first-order valence-electron chi connectivity index (χ1n) is 7.42. The third kappa shape index (κ3) is 4.57. The third-order valence-electron chi connectivity index (χ3n) is 3.44. The predicted molar refractivity (Wildman–Crippen MR) is 89.3 cm³/mol. The number of rotatable bonds is 5. The minimum absolute atomic E-state index is 0.179. The Morgan fingerprint density at radius 3 is 2.26 bits per heavy atom. The molecule has 0 radical (unpaired) electrons. The molecule has 5 heteroatoms. The van der Waals surface area contributed by atoms with Crippen molar-refractivity contribution < 1.29 is 14.3 Å². The maximum Gasteiger partial charge on any atom is 0.337 e. The van der Waals surface area contributed by atoms with Crippen molar-refractivity contribution in [1.82, 2.24) is 4.90 Å². The summed E-state index contributed by atoms with van der Waals surface area (Å²) in [4.78, 5) is 25.4. The lowest BCUT2D eigenvalue weighted by molar-refractivity contribution is 0.0601. The van der Waals surface area contributed by atoms with E-state index in [0.717, 1.165) is 5.56 Å². The van der Waals surface area contributed by atoms with E-state index in [9.17, 15) is 9.59 Å². The van der Waals surface area contributed by atoms with Gasteiger partial charge in [-0.3, -0.25) is 0 Å². The molecule has 1 N–H and O–H groups in total. The van der Waals surface area contributed by atoms with Gasteiger partial charge in [-0.25, -0.2) is 9.59 Å². The van der Waals surface area contributed by atoms with Crippen LogP contribution in [0.5, 0.6) is 0 Å². The van der Waals surface area contributed by atoms with E-state index in [1.54, 1.807) is 29.2 Å². The number of esters is 1. The summed E-state index contributed by atoms with van der Waals surface area (Å²) in [6, 6.07) is 16.2. The number of urea groups is 1. The molecule has 0 aliphatic carbocycles. The second-order valence-corrected chi connectivity index (χ2v) is 5.00. The molecule has 0 bridgehead atoms. The van der Waals surface area contributed by atoms with Crippen LogP contribution in [0.3, 0.4) is 0 Å². The average Bonchev–Trinajstić information content (AvgIpc) is 2.60. The maximum absolute atomic E-state index is 12.3. The molecular weight excluding hydrogens is 292 g/mol. The van der Waals surface area contributed by atoms with Gasteiger partial charge in [0, 0.05) is 18.8 Å². The molecule has 0 aliphatic heterocycles. The summed E-state index contributed by atoms with van der Waals surface area (Å²) in [5.74, 6) is -0.401. The van der Waals surface area contributed by atoms with Gasteiger partial charge in [0.25, 0.3) is 0 Å². The van der Waals surface area contributed by atoms with Crippen molar-refractivity contribution in [2.75, 3.05) is 19.0 Å². The van der Waals surface area contributed by atoms with Crippen LogP contribution in [0.2, 0.25) is 0 Å². The third-order valence-corrected chi connectivity index (χ3v) is 3.44. The molecule has 0 heterocycles. The Morgan fingerprint density at radius 2 is 1.70 bits per heavy atom. The molecule has 0 aromatic heterocycles. The number of hydrogen-bond acceptors (Lipinski definition) is 3. The topological polar surface area (TPSA) is 58.6 Å². The Bertz CT molecular complexity index is 654. The monoisotopic (exact) mass is 312 g/mol. The van der Waals surface area contributed by atoms with E-state index in [4.69, 9.17) is 0 Å². The number of anilines is 1. The molecule has 0 spiro atoms. The summed E-state index contributed by atoms with van der Waals surface area (Å²) >= 11 is 0. The molecule has 0 unspecified atom stereocenters. The van der Waals surface area contributed by atoms with Gasteiger partial charge in [-0.1, -0.05) is 30.3 Å². The number of carbonyl (C=O) groups is 2. The van der Waals surface area contributed by atoms with Gasteiger partial charge in [-0.15, -0.1) is 0 Å². The average molecular weight is 312 g/mol. The van der Waals surface area contributed by atoms with Gasteiger partial charge in [0.1, 0.15) is 0 Å². The lowest BCUT2D eigenvalue weighted by Crippen LogP contribution is -2.34. The normalized spacial score (nSPS) is 10.0. The summed E-state index contributed by atoms with van der Waals surface area (Å²) < 4.78 is 4.64. The zero-order valence-electron chi connectivity index (χ0n) is 13.3. The van der Waals surface area contributed by atoms with Crippen LogP contribution in [-0.4, -0.2) is 30.6 Å². The number of nitrogens with one attached hydrogen (secondary N) is 1. The van der Waals surface area contributed by atoms with Gasteiger partial charge in [0.2, 0.25) is 0 Å². The fourth-order valence-corrected chi connectivity index (χ4v) is 2.14. The number of hydrogen-bond donors (Lipinski definition) is 1. The lowest BCUT2D eigenvalue weighted by Gasteiger charge is -2.21. The Labute approximate surface area is 135 Å². The van der Waals surface area contributed by atoms with E-state index >= 15 is 0 Å². The molecule has 2 aromatic rings. The summed E-state index contributed by atoms with van der Waals surface area (Å²) in [6.45, 7) is 3.08. The standard InChI is InChI=1S/C18H20N2O3/c1-3-20(13-14-7-5-4-6-8-14)18(22)19-16-11-9-15(10-12-16)17(21)23-2/h4-12H,3,13H2,1-2H3,(H,19,22). The Hall–Kier alpha value is -2.82. The molecule has 5 nitrogen and oxygen atoms in total. The highest BCUT2D eigenvalue weighted by atomic mass is 16.5. The van der Waals surface area contributed by atoms with E-state index in [2.05, 4.69) is 10.1 Å². The predicted octanol–water partition coefficient (Wildman–Crippen LogP) is 3.53. The van der Waals surface area contributed by atoms with Crippen LogP contribution in [0.15, 0.2) is 54.6 Å². The first-order valence-corrected chi connectivity index (χ1v) is 7.42. The van der Waals surface area contributed by atoms with Gasteiger partial charge < -0.3 is 15.0 Å². The molecule has 0 saturated carbocycles. The van der Waals surface area contributed by atoms with Crippen LogP contribution in [-0.2, 0) is 11.3 Å². The van der Waals surface area contributed by atoms with E-state index in [1.165, 1.54) is 7.11 Å². The number of carbonyl (C=O) groups excluding carboxylic acids is 2. The van der Waals surface area contributed by atoms with E-state index < -0.39 is 5.97 Å². The number of nitrogens with zero attached hydrogens (tertiary/aromatic N) is 1. The molecule has 23 heavy (non-hydrogen) atoms. The molecule has 0 saturated heterocycles. The second kappa shape index (κ2) is 7.98. The van der Waals surface area contributed by atoms with Crippen LogP contribution in [0.4, 0.5) is 10.5 Å². The fourth-order valence-electron chi connectivity index (χ4n) is 2.14. The fraction of sp³-hybridized carbons (Fsp3) is 0.222. The minimum atomic E-state index is -0.401. The highest BCUT2D eigenvalue weighted by Gasteiger charge is 2.12. The maximum atomic E-state index is 12.3. The zero-order valence-corrected chi connectivity index (χ0v) is 13.3. The summed E-state index contributed by atoms with van der Waals surface area (Å²) in [7, 11) is 1.33. The molecule has 0 fully saturated rings. The molecule has 2 aromatic carbocycles. The van der Waals surface area contributed by atoms with Crippen LogP contribution >= 0.6 is 0 Å². The van der Waals surface area contributed by atoms with Crippen LogP contribution < -0.4 is 5.32 Å².